The lowest BCUT2D eigenvalue weighted by atomic mass is 9.80. The molecule has 1 aliphatic rings. The lowest BCUT2D eigenvalue weighted by Crippen LogP contribution is -2.51. The van der Waals surface area contributed by atoms with E-state index >= 15 is 0 Å². The van der Waals surface area contributed by atoms with Crippen LogP contribution in [0.5, 0.6) is 11.5 Å². The van der Waals surface area contributed by atoms with Crippen LogP contribution in [0.3, 0.4) is 0 Å². The Morgan fingerprint density at radius 2 is 1.63 bits per heavy atom. The van der Waals surface area contributed by atoms with Crippen LogP contribution in [0.1, 0.15) is 94.1 Å². The van der Waals surface area contributed by atoms with Crippen LogP contribution in [0.15, 0.2) is 18.2 Å². The van der Waals surface area contributed by atoms with Crippen LogP contribution in [0, 0.1) is 29.6 Å². The van der Waals surface area contributed by atoms with Gasteiger partial charge in [0, 0.05) is 39.6 Å². The molecule has 2 N–H and O–H groups in total. The molecule has 49 heavy (non-hydrogen) atoms. The monoisotopic (exact) mass is 691 g/mol. The molecule has 1 heterocycles. The molecule has 0 spiro atoms. The summed E-state index contributed by atoms with van der Waals surface area (Å²) < 4.78 is 29.5. The van der Waals surface area contributed by atoms with Gasteiger partial charge in [-0.05, 0) is 89.3 Å². The van der Waals surface area contributed by atoms with E-state index in [0.717, 1.165) is 18.4 Å². The third-order valence-corrected chi connectivity index (χ3v) is 9.24. The summed E-state index contributed by atoms with van der Waals surface area (Å²) >= 11 is 0. The molecule has 1 aromatic carbocycles. The van der Waals surface area contributed by atoms with Crippen LogP contribution in [0.25, 0.3) is 0 Å². The number of amides is 3. The number of nitrogens with zero attached hydrogens (tertiary/aromatic N) is 1. The average molecular weight is 692 g/mol. The van der Waals surface area contributed by atoms with Gasteiger partial charge in [0.1, 0.15) is 11.3 Å². The fraction of sp³-hybridized carbons (Fsp3) is 0.763. The molecule has 1 saturated heterocycles. The summed E-state index contributed by atoms with van der Waals surface area (Å²) in [5.74, 6) is 0.782. The second-order valence-electron chi connectivity index (χ2n) is 15.5. The van der Waals surface area contributed by atoms with Crippen LogP contribution in [-0.2, 0) is 30.2 Å². The van der Waals surface area contributed by atoms with E-state index in [-0.39, 0.29) is 48.1 Å². The van der Waals surface area contributed by atoms with Crippen molar-refractivity contribution in [3.63, 3.8) is 0 Å². The van der Waals surface area contributed by atoms with Gasteiger partial charge in [0.05, 0.1) is 31.8 Å². The molecule has 1 aliphatic heterocycles. The van der Waals surface area contributed by atoms with E-state index in [0.29, 0.717) is 37.6 Å². The highest BCUT2D eigenvalue weighted by atomic mass is 16.6. The molecule has 2 rings (SSSR count). The maximum atomic E-state index is 13.9. The topological polar surface area (TPSA) is 125 Å². The van der Waals surface area contributed by atoms with Crippen molar-refractivity contribution in [1.29, 1.82) is 0 Å². The normalized spacial score (nSPS) is 19.4. The first-order chi connectivity index (χ1) is 22.8. The summed E-state index contributed by atoms with van der Waals surface area (Å²) in [6.07, 6.45) is 1.70. The predicted molar refractivity (Wildman–Crippen MR) is 192 cm³/mol. The van der Waals surface area contributed by atoms with Crippen LogP contribution >= 0.6 is 0 Å². The molecule has 2 unspecified atom stereocenters. The van der Waals surface area contributed by atoms with Crippen molar-refractivity contribution in [2.75, 3.05) is 41.0 Å². The molecule has 11 nitrogen and oxygen atoms in total. The van der Waals surface area contributed by atoms with Crippen molar-refractivity contribution < 1.29 is 38.1 Å². The summed E-state index contributed by atoms with van der Waals surface area (Å²) in [5, 5.41) is 5.63. The van der Waals surface area contributed by atoms with E-state index in [1.54, 1.807) is 33.1 Å². The zero-order valence-corrected chi connectivity index (χ0v) is 32.4. The first kappa shape index (κ1) is 42.1. The fourth-order valence-electron chi connectivity index (χ4n) is 6.41. The number of carbonyl (C=O) groups excluding carboxylic acids is 3. The Labute approximate surface area is 295 Å². The van der Waals surface area contributed by atoms with Crippen molar-refractivity contribution in [1.82, 2.24) is 15.5 Å². The van der Waals surface area contributed by atoms with Gasteiger partial charge in [-0.2, -0.15) is 0 Å². The molecule has 0 bridgehead atoms. The SMILES string of the molecule is CNC(=O)[C@H](C)CNC(=O)[C@@H](CC1OC(C)(C)N(C(=O)OC(C)(C)C)C1C[C@@H](Cc1ccc(OC)c(OCCCOC)c1)C(C)C)C(C)C. The Kier molecular flexibility index (Phi) is 16.2. The number of ether oxygens (including phenoxy) is 5. The lowest BCUT2D eigenvalue weighted by Gasteiger charge is -2.37. The fourth-order valence-corrected chi connectivity index (χ4v) is 6.41. The third-order valence-electron chi connectivity index (χ3n) is 9.24. The maximum absolute atomic E-state index is 13.9. The first-order valence-electron chi connectivity index (χ1n) is 17.8. The van der Waals surface area contributed by atoms with Gasteiger partial charge in [0.15, 0.2) is 11.5 Å². The largest absolute Gasteiger partial charge is 0.493 e. The van der Waals surface area contributed by atoms with E-state index in [2.05, 4.69) is 30.5 Å². The highest BCUT2D eigenvalue weighted by Crippen LogP contribution is 2.41. The zero-order chi connectivity index (χ0) is 37.1. The average Bonchev–Trinajstić information content (AvgIpc) is 3.27. The maximum Gasteiger partial charge on any atom is 0.412 e. The van der Waals surface area contributed by atoms with Gasteiger partial charge in [-0.3, -0.25) is 14.5 Å². The Bertz CT molecular complexity index is 1210. The molecule has 5 atom stereocenters. The standard InChI is InChI=1S/C38H65N3O8/c1-24(2)28(19-27-15-16-31(46-13)33(20-27)47-18-14-17-45-12)21-30-32(48-38(9,10)41(30)36(44)49-37(6,7)8)22-29(25(3)4)35(43)40-23-26(5)34(42)39-11/h15-16,20,24-26,28-30,32H,14,17-19,21-23H2,1-13H3,(H,39,42)(H,40,43)/t26-,28-,29+,30?,32?/m1/s1. The second-order valence-corrected chi connectivity index (χ2v) is 15.5. The minimum atomic E-state index is -0.964. The Morgan fingerprint density at radius 1 is 0.959 bits per heavy atom. The summed E-state index contributed by atoms with van der Waals surface area (Å²) in [7, 11) is 4.89. The van der Waals surface area contributed by atoms with Crippen molar-refractivity contribution in [3.05, 3.63) is 23.8 Å². The first-order valence-corrected chi connectivity index (χ1v) is 17.8. The molecule has 0 saturated carbocycles. The Balaban J connectivity index is 2.44. The quantitative estimate of drug-likeness (QED) is 0.174. The highest BCUT2D eigenvalue weighted by molar-refractivity contribution is 5.81. The van der Waals surface area contributed by atoms with E-state index in [1.807, 2.05) is 60.6 Å². The molecule has 0 aliphatic carbocycles. The molecule has 3 amide bonds. The summed E-state index contributed by atoms with van der Waals surface area (Å²) in [4.78, 5) is 41.3. The molecular weight excluding hydrogens is 626 g/mol. The molecule has 0 aromatic heterocycles. The van der Waals surface area contributed by atoms with Crippen molar-refractivity contribution in [2.24, 2.45) is 29.6 Å². The highest BCUT2D eigenvalue weighted by Gasteiger charge is 2.52. The lowest BCUT2D eigenvalue weighted by molar-refractivity contribution is -0.130. The van der Waals surface area contributed by atoms with Gasteiger partial charge in [0.25, 0.3) is 0 Å². The number of methoxy groups -OCH3 is 2. The number of benzene rings is 1. The van der Waals surface area contributed by atoms with E-state index in [1.165, 1.54) is 0 Å². The molecule has 1 aromatic rings. The van der Waals surface area contributed by atoms with E-state index in [9.17, 15) is 14.4 Å². The van der Waals surface area contributed by atoms with Gasteiger partial charge in [-0.15, -0.1) is 0 Å². The van der Waals surface area contributed by atoms with Gasteiger partial charge in [-0.25, -0.2) is 4.79 Å². The number of hydrogen-bond acceptors (Lipinski definition) is 8. The van der Waals surface area contributed by atoms with Crippen LogP contribution in [0.2, 0.25) is 0 Å². The number of hydrogen-bond donors (Lipinski definition) is 2. The molecule has 11 heteroatoms. The van der Waals surface area contributed by atoms with E-state index < -0.39 is 29.4 Å². The Morgan fingerprint density at radius 3 is 2.18 bits per heavy atom. The molecule has 280 valence electrons. The predicted octanol–water partition coefficient (Wildman–Crippen LogP) is 6.22. The number of nitrogens with one attached hydrogen (secondary N) is 2. The van der Waals surface area contributed by atoms with Crippen molar-refractivity contribution >= 4 is 17.9 Å². The van der Waals surface area contributed by atoms with Gasteiger partial charge >= 0.3 is 6.09 Å². The van der Waals surface area contributed by atoms with Crippen molar-refractivity contribution in [3.8, 4) is 11.5 Å². The van der Waals surface area contributed by atoms with Crippen LogP contribution < -0.4 is 20.1 Å². The van der Waals surface area contributed by atoms with Gasteiger partial charge < -0.3 is 34.3 Å². The smallest absolute Gasteiger partial charge is 0.412 e. The third kappa shape index (κ3) is 12.7. The molecule has 0 radical (unpaired) electrons. The minimum absolute atomic E-state index is 0.000696. The summed E-state index contributed by atoms with van der Waals surface area (Å²) in [5.41, 5.74) is -0.559. The van der Waals surface area contributed by atoms with Gasteiger partial charge in [-0.1, -0.05) is 40.7 Å². The minimum Gasteiger partial charge on any atom is -0.493 e. The molecular formula is C38H65N3O8. The summed E-state index contributed by atoms with van der Waals surface area (Å²) in [6.45, 7) is 20.9. The van der Waals surface area contributed by atoms with Gasteiger partial charge in [0.2, 0.25) is 11.8 Å². The number of rotatable bonds is 18. The Hall–Kier alpha value is -3.05. The summed E-state index contributed by atoms with van der Waals surface area (Å²) in [6, 6.07) is 5.69. The second kappa shape index (κ2) is 18.8. The van der Waals surface area contributed by atoms with Crippen molar-refractivity contribution in [2.45, 2.75) is 118 Å². The van der Waals surface area contributed by atoms with E-state index in [4.69, 9.17) is 23.7 Å². The number of carbonyl (C=O) groups is 3. The molecule has 1 fully saturated rings. The van der Waals surface area contributed by atoms with Crippen LogP contribution in [-0.4, -0.2) is 87.3 Å². The zero-order valence-electron chi connectivity index (χ0n) is 32.4. The van der Waals surface area contributed by atoms with Crippen LogP contribution in [0.4, 0.5) is 4.79 Å².